The Morgan fingerprint density at radius 3 is 2.58 bits per heavy atom. The van der Waals surface area contributed by atoms with Crippen molar-refractivity contribution in [2.45, 2.75) is 44.8 Å². The third kappa shape index (κ3) is 3.53. The molecule has 0 aromatic carbocycles. The highest BCUT2D eigenvalue weighted by atomic mass is 32.2. The zero-order chi connectivity index (χ0) is 13.8. The summed E-state index contributed by atoms with van der Waals surface area (Å²) in [6, 6.07) is 2.55. The minimum Gasteiger partial charge on any atom is -0.370 e. The molecule has 1 aromatic heterocycles. The SMILES string of the molecule is CCNc1cc(NC2CCC(C)C2C)nc(SC)n1. The standard InChI is InChI=1S/C14H24N4S/c1-5-15-12-8-13(18-14(17-12)19-4)16-11-7-6-9(2)10(11)3/h8-11H,5-7H2,1-4H3,(H2,15,16,17,18). The number of thioether (sulfide) groups is 1. The second-order valence-electron chi connectivity index (χ2n) is 5.32. The molecule has 3 unspecified atom stereocenters. The molecule has 1 heterocycles. The molecular formula is C14H24N4S. The first-order valence-corrected chi connectivity index (χ1v) is 8.30. The van der Waals surface area contributed by atoms with Gasteiger partial charge >= 0.3 is 0 Å². The number of hydrogen-bond donors (Lipinski definition) is 2. The van der Waals surface area contributed by atoms with Gasteiger partial charge in [0.05, 0.1) is 0 Å². The molecule has 1 aliphatic carbocycles. The smallest absolute Gasteiger partial charge is 0.191 e. The topological polar surface area (TPSA) is 49.8 Å². The van der Waals surface area contributed by atoms with Gasteiger partial charge in [0.1, 0.15) is 11.6 Å². The summed E-state index contributed by atoms with van der Waals surface area (Å²) in [6.45, 7) is 7.62. The first-order chi connectivity index (χ1) is 9.13. The zero-order valence-electron chi connectivity index (χ0n) is 12.2. The number of rotatable bonds is 5. The lowest BCUT2D eigenvalue weighted by atomic mass is 9.98. The van der Waals surface area contributed by atoms with Gasteiger partial charge < -0.3 is 10.6 Å². The highest BCUT2D eigenvalue weighted by molar-refractivity contribution is 7.98. The van der Waals surface area contributed by atoms with Gasteiger partial charge in [0.15, 0.2) is 5.16 Å². The second kappa shape index (κ2) is 6.46. The fraction of sp³-hybridized carbons (Fsp3) is 0.714. The Hall–Kier alpha value is -0.970. The van der Waals surface area contributed by atoms with Gasteiger partial charge in [-0.3, -0.25) is 0 Å². The molecule has 0 spiro atoms. The number of hydrogen-bond acceptors (Lipinski definition) is 5. The van der Waals surface area contributed by atoms with Gasteiger partial charge in [-0.25, -0.2) is 9.97 Å². The van der Waals surface area contributed by atoms with Crippen LogP contribution in [0.1, 0.15) is 33.6 Å². The van der Waals surface area contributed by atoms with E-state index < -0.39 is 0 Å². The van der Waals surface area contributed by atoms with Crippen molar-refractivity contribution in [3.8, 4) is 0 Å². The quantitative estimate of drug-likeness (QED) is 0.639. The molecule has 0 amide bonds. The predicted octanol–water partition coefficient (Wildman–Crippen LogP) is 3.48. The molecule has 2 rings (SSSR count). The van der Waals surface area contributed by atoms with E-state index in [1.165, 1.54) is 12.8 Å². The van der Waals surface area contributed by atoms with Crippen LogP contribution in [0.5, 0.6) is 0 Å². The molecule has 0 bridgehead atoms. The molecule has 1 fully saturated rings. The van der Waals surface area contributed by atoms with E-state index in [0.717, 1.165) is 29.3 Å². The third-order valence-corrected chi connectivity index (χ3v) is 4.59. The molecule has 5 heteroatoms. The molecule has 106 valence electrons. The third-order valence-electron chi connectivity index (χ3n) is 4.04. The Bertz CT molecular complexity index is 424. The molecule has 19 heavy (non-hydrogen) atoms. The summed E-state index contributed by atoms with van der Waals surface area (Å²) in [5.41, 5.74) is 0. The molecule has 2 N–H and O–H groups in total. The van der Waals surface area contributed by atoms with Gasteiger partial charge in [-0.05, 0) is 37.9 Å². The largest absolute Gasteiger partial charge is 0.370 e. The number of anilines is 2. The van der Waals surface area contributed by atoms with Crippen LogP contribution < -0.4 is 10.6 Å². The first kappa shape index (κ1) is 14.4. The van der Waals surface area contributed by atoms with Gasteiger partial charge in [0.2, 0.25) is 0 Å². The van der Waals surface area contributed by atoms with Crippen molar-refractivity contribution in [2.75, 3.05) is 23.4 Å². The fourth-order valence-corrected chi connectivity index (χ4v) is 3.00. The maximum atomic E-state index is 4.56. The number of aromatic nitrogens is 2. The second-order valence-corrected chi connectivity index (χ2v) is 6.09. The zero-order valence-corrected chi connectivity index (χ0v) is 13.0. The normalized spacial score (nSPS) is 26.4. The maximum absolute atomic E-state index is 4.56. The van der Waals surface area contributed by atoms with E-state index in [1.54, 1.807) is 11.8 Å². The van der Waals surface area contributed by atoms with Crippen LogP contribution in [-0.4, -0.2) is 28.8 Å². The van der Waals surface area contributed by atoms with Crippen LogP contribution in [0.2, 0.25) is 0 Å². The van der Waals surface area contributed by atoms with Crippen LogP contribution in [0.15, 0.2) is 11.2 Å². The van der Waals surface area contributed by atoms with Crippen LogP contribution in [0, 0.1) is 11.8 Å². The van der Waals surface area contributed by atoms with E-state index in [0.29, 0.717) is 12.0 Å². The average molecular weight is 280 g/mol. The lowest BCUT2D eigenvalue weighted by Gasteiger charge is -2.20. The summed E-state index contributed by atoms with van der Waals surface area (Å²) in [5.74, 6) is 3.35. The van der Waals surface area contributed by atoms with Crippen molar-refractivity contribution in [3.63, 3.8) is 0 Å². The van der Waals surface area contributed by atoms with Crippen molar-refractivity contribution in [1.29, 1.82) is 0 Å². The van der Waals surface area contributed by atoms with Gasteiger partial charge in [-0.1, -0.05) is 25.6 Å². The molecule has 3 atom stereocenters. The van der Waals surface area contributed by atoms with Crippen molar-refractivity contribution >= 4 is 23.4 Å². The summed E-state index contributed by atoms with van der Waals surface area (Å²) in [4.78, 5) is 9.01. The minimum atomic E-state index is 0.536. The van der Waals surface area contributed by atoms with Gasteiger partial charge in [0, 0.05) is 18.7 Å². The highest BCUT2D eigenvalue weighted by Crippen LogP contribution is 2.33. The molecule has 1 saturated carbocycles. The van der Waals surface area contributed by atoms with Crippen molar-refractivity contribution in [2.24, 2.45) is 11.8 Å². The average Bonchev–Trinajstić information content (AvgIpc) is 2.71. The van der Waals surface area contributed by atoms with Crippen LogP contribution in [0.3, 0.4) is 0 Å². The van der Waals surface area contributed by atoms with Gasteiger partial charge in [-0.2, -0.15) is 0 Å². The van der Waals surface area contributed by atoms with E-state index in [9.17, 15) is 0 Å². The number of nitrogens with one attached hydrogen (secondary N) is 2. The first-order valence-electron chi connectivity index (χ1n) is 7.07. The fourth-order valence-electron chi connectivity index (χ4n) is 2.62. The molecule has 1 aromatic rings. The lowest BCUT2D eigenvalue weighted by Crippen LogP contribution is -2.24. The van der Waals surface area contributed by atoms with E-state index in [-0.39, 0.29) is 0 Å². The molecule has 0 saturated heterocycles. The molecular weight excluding hydrogens is 256 g/mol. The summed E-state index contributed by atoms with van der Waals surface area (Å²) < 4.78 is 0. The van der Waals surface area contributed by atoms with Gasteiger partial charge in [-0.15, -0.1) is 0 Å². The Morgan fingerprint density at radius 2 is 2.00 bits per heavy atom. The Balaban J connectivity index is 2.12. The Kier molecular flexibility index (Phi) is 4.91. The van der Waals surface area contributed by atoms with E-state index in [2.05, 4.69) is 41.4 Å². The Labute approximate surface area is 120 Å². The van der Waals surface area contributed by atoms with Crippen LogP contribution in [-0.2, 0) is 0 Å². The van der Waals surface area contributed by atoms with Crippen molar-refractivity contribution in [1.82, 2.24) is 9.97 Å². The van der Waals surface area contributed by atoms with Crippen LogP contribution in [0.25, 0.3) is 0 Å². The number of nitrogens with zero attached hydrogens (tertiary/aromatic N) is 2. The van der Waals surface area contributed by atoms with E-state index >= 15 is 0 Å². The van der Waals surface area contributed by atoms with Gasteiger partial charge in [0.25, 0.3) is 0 Å². The molecule has 1 aliphatic rings. The van der Waals surface area contributed by atoms with Crippen molar-refractivity contribution < 1.29 is 0 Å². The Morgan fingerprint density at radius 1 is 1.26 bits per heavy atom. The molecule has 4 nitrogen and oxygen atoms in total. The van der Waals surface area contributed by atoms with Crippen LogP contribution >= 0.6 is 11.8 Å². The predicted molar refractivity (Wildman–Crippen MR) is 82.9 cm³/mol. The van der Waals surface area contributed by atoms with E-state index in [1.807, 2.05) is 12.3 Å². The van der Waals surface area contributed by atoms with E-state index in [4.69, 9.17) is 0 Å². The lowest BCUT2D eigenvalue weighted by molar-refractivity contribution is 0.435. The summed E-state index contributed by atoms with van der Waals surface area (Å²) in [7, 11) is 0. The summed E-state index contributed by atoms with van der Waals surface area (Å²) in [6.07, 6.45) is 4.55. The monoisotopic (exact) mass is 280 g/mol. The maximum Gasteiger partial charge on any atom is 0.191 e. The summed E-state index contributed by atoms with van der Waals surface area (Å²) >= 11 is 1.58. The molecule has 0 radical (unpaired) electrons. The minimum absolute atomic E-state index is 0.536. The van der Waals surface area contributed by atoms with Crippen molar-refractivity contribution in [3.05, 3.63) is 6.07 Å². The van der Waals surface area contributed by atoms with Crippen LogP contribution in [0.4, 0.5) is 11.6 Å². The summed E-state index contributed by atoms with van der Waals surface area (Å²) in [5, 5.41) is 7.67. The molecule has 0 aliphatic heterocycles. The highest BCUT2D eigenvalue weighted by Gasteiger charge is 2.29.